The van der Waals surface area contributed by atoms with Crippen LogP contribution in [-0.2, 0) is 22.4 Å². The van der Waals surface area contributed by atoms with Gasteiger partial charge in [0, 0.05) is 25.2 Å². The fraction of sp³-hybridized carbons (Fsp3) is 0.323. The first-order valence-electron chi connectivity index (χ1n) is 13.4. The summed E-state index contributed by atoms with van der Waals surface area (Å²) in [6.45, 7) is 1.79. The molecule has 1 saturated heterocycles. The van der Waals surface area contributed by atoms with E-state index in [9.17, 15) is 27.9 Å². The number of hydrogen-bond acceptors (Lipinski definition) is 5. The van der Waals surface area contributed by atoms with Gasteiger partial charge < -0.3 is 25.2 Å². The van der Waals surface area contributed by atoms with Gasteiger partial charge in [-0.05, 0) is 73.1 Å². The van der Waals surface area contributed by atoms with Crippen LogP contribution in [0, 0.1) is 5.92 Å². The second-order valence-corrected chi connectivity index (χ2v) is 9.85. The van der Waals surface area contributed by atoms with Crippen LogP contribution in [0.3, 0.4) is 0 Å². The van der Waals surface area contributed by atoms with Crippen molar-refractivity contribution in [3.05, 3.63) is 89.5 Å². The Morgan fingerprint density at radius 3 is 2.10 bits per heavy atom. The Morgan fingerprint density at radius 1 is 0.929 bits per heavy atom. The summed E-state index contributed by atoms with van der Waals surface area (Å²) in [6.07, 6.45) is -1.03. The van der Waals surface area contributed by atoms with Gasteiger partial charge in [-0.3, -0.25) is 4.79 Å². The number of benzene rings is 3. The molecular formula is C31H33F3N2O6. The molecule has 0 atom stereocenters. The molecule has 0 aromatic heterocycles. The second kappa shape index (κ2) is 14.9. The van der Waals surface area contributed by atoms with Crippen LogP contribution in [0.2, 0.25) is 0 Å². The zero-order valence-electron chi connectivity index (χ0n) is 23.1. The third-order valence-corrected chi connectivity index (χ3v) is 6.90. The predicted octanol–water partition coefficient (Wildman–Crippen LogP) is 6.06. The number of aryl methyl sites for hydroxylation is 1. The summed E-state index contributed by atoms with van der Waals surface area (Å²) in [7, 11) is 1.61. The molecule has 42 heavy (non-hydrogen) atoms. The molecule has 0 unspecified atom stereocenters. The van der Waals surface area contributed by atoms with Crippen molar-refractivity contribution in [2.75, 3.05) is 30.4 Å². The predicted molar refractivity (Wildman–Crippen MR) is 152 cm³/mol. The number of ether oxygens (including phenoxy) is 1. The maximum absolute atomic E-state index is 12.5. The van der Waals surface area contributed by atoms with Crippen LogP contribution in [0.15, 0.2) is 72.8 Å². The van der Waals surface area contributed by atoms with Crippen molar-refractivity contribution in [2.45, 2.75) is 38.3 Å². The number of halogens is 3. The van der Waals surface area contributed by atoms with E-state index in [1.165, 1.54) is 5.56 Å². The summed E-state index contributed by atoms with van der Waals surface area (Å²) in [5.74, 6) is -2.61. The van der Waals surface area contributed by atoms with E-state index < -0.39 is 18.1 Å². The van der Waals surface area contributed by atoms with Crippen molar-refractivity contribution in [2.24, 2.45) is 5.92 Å². The van der Waals surface area contributed by atoms with Gasteiger partial charge in [0.05, 0.1) is 18.4 Å². The number of carboxylic acid groups (broad SMARTS) is 2. The summed E-state index contributed by atoms with van der Waals surface area (Å²) in [6, 6.07) is 23.4. The zero-order valence-corrected chi connectivity index (χ0v) is 23.1. The number of amides is 1. The van der Waals surface area contributed by atoms with E-state index in [1.807, 2.05) is 36.4 Å². The van der Waals surface area contributed by atoms with E-state index in [-0.39, 0.29) is 17.9 Å². The summed E-state index contributed by atoms with van der Waals surface area (Å²) < 4.78 is 36.9. The smallest absolute Gasteiger partial charge is 0.490 e. The number of aromatic carboxylic acids is 1. The molecule has 1 aliphatic rings. The Hall–Kier alpha value is -4.54. The first kappa shape index (κ1) is 32.0. The minimum absolute atomic E-state index is 0.117. The second-order valence-electron chi connectivity index (χ2n) is 9.85. The molecule has 4 rings (SSSR count). The van der Waals surface area contributed by atoms with E-state index in [0.717, 1.165) is 49.4 Å². The molecule has 11 heteroatoms. The van der Waals surface area contributed by atoms with E-state index in [4.69, 9.17) is 14.6 Å². The zero-order chi connectivity index (χ0) is 30.7. The lowest BCUT2D eigenvalue weighted by Gasteiger charge is -2.34. The quantitative estimate of drug-likeness (QED) is 0.279. The van der Waals surface area contributed by atoms with E-state index in [2.05, 4.69) is 34.5 Å². The van der Waals surface area contributed by atoms with Crippen molar-refractivity contribution in [1.82, 2.24) is 0 Å². The standard InChI is InChI=1S/C29H32N2O4.C2HF3O2/c1-35-25-11-7-21(8-12-25)9-14-28(32)30-27-13-10-24(20-26(27)29(33)34)31-17-15-23(16-18-31)19-22-5-3-2-4-6-22;3-2(4,5)1(6)7/h2-8,10-13,20,23H,9,14-19H2,1H3,(H,30,32)(H,33,34);(H,6,7). The number of hydrogen-bond donors (Lipinski definition) is 3. The molecule has 0 bridgehead atoms. The first-order valence-corrected chi connectivity index (χ1v) is 13.4. The van der Waals surface area contributed by atoms with Crippen molar-refractivity contribution in [3.63, 3.8) is 0 Å². The number of carbonyl (C=O) groups is 3. The fourth-order valence-electron chi connectivity index (χ4n) is 4.62. The Bertz CT molecular complexity index is 1340. The fourth-order valence-corrected chi connectivity index (χ4v) is 4.62. The molecule has 1 fully saturated rings. The molecule has 1 amide bonds. The van der Waals surface area contributed by atoms with Gasteiger partial charge in [0.2, 0.25) is 5.91 Å². The van der Waals surface area contributed by atoms with Crippen LogP contribution >= 0.6 is 0 Å². The van der Waals surface area contributed by atoms with Crippen LogP contribution in [0.25, 0.3) is 0 Å². The lowest BCUT2D eigenvalue weighted by atomic mass is 9.90. The average Bonchev–Trinajstić information content (AvgIpc) is 2.97. The highest BCUT2D eigenvalue weighted by atomic mass is 19.4. The highest BCUT2D eigenvalue weighted by Gasteiger charge is 2.38. The van der Waals surface area contributed by atoms with Gasteiger partial charge >= 0.3 is 18.1 Å². The first-order chi connectivity index (χ1) is 20.0. The van der Waals surface area contributed by atoms with Crippen LogP contribution in [0.5, 0.6) is 5.75 Å². The molecule has 0 saturated carbocycles. The number of nitrogens with one attached hydrogen (secondary N) is 1. The number of piperidine rings is 1. The number of nitrogens with zero attached hydrogens (tertiary/aromatic N) is 1. The van der Waals surface area contributed by atoms with Gasteiger partial charge in [0.15, 0.2) is 0 Å². The van der Waals surface area contributed by atoms with Crippen molar-refractivity contribution in [3.8, 4) is 5.75 Å². The summed E-state index contributed by atoms with van der Waals surface area (Å²) in [4.78, 5) is 35.6. The van der Waals surface area contributed by atoms with E-state index >= 15 is 0 Å². The Balaban J connectivity index is 0.000000616. The monoisotopic (exact) mass is 586 g/mol. The molecule has 224 valence electrons. The number of methoxy groups -OCH3 is 1. The minimum Gasteiger partial charge on any atom is -0.497 e. The molecule has 3 aromatic rings. The molecule has 0 aliphatic carbocycles. The Labute approximate surface area is 241 Å². The summed E-state index contributed by atoms with van der Waals surface area (Å²) in [5.41, 5.74) is 3.72. The third-order valence-electron chi connectivity index (χ3n) is 6.90. The van der Waals surface area contributed by atoms with Crippen LogP contribution in [-0.4, -0.2) is 54.4 Å². The van der Waals surface area contributed by atoms with Gasteiger partial charge in [-0.2, -0.15) is 13.2 Å². The topological polar surface area (TPSA) is 116 Å². The highest BCUT2D eigenvalue weighted by molar-refractivity contribution is 6.01. The third kappa shape index (κ3) is 9.83. The SMILES string of the molecule is COc1ccc(CCC(=O)Nc2ccc(N3CCC(Cc4ccccc4)CC3)cc2C(=O)O)cc1.O=C(O)C(F)(F)F. The molecular weight excluding hydrogens is 553 g/mol. The van der Waals surface area contributed by atoms with Crippen LogP contribution in [0.1, 0.15) is 40.7 Å². The summed E-state index contributed by atoms with van der Waals surface area (Å²) in [5, 5.41) is 19.7. The van der Waals surface area contributed by atoms with Gasteiger partial charge in [-0.1, -0.05) is 42.5 Å². The van der Waals surface area contributed by atoms with E-state index in [0.29, 0.717) is 18.0 Å². The van der Waals surface area contributed by atoms with Gasteiger partial charge in [0.25, 0.3) is 0 Å². The number of anilines is 2. The largest absolute Gasteiger partial charge is 0.497 e. The van der Waals surface area contributed by atoms with Gasteiger partial charge in [-0.25, -0.2) is 9.59 Å². The minimum atomic E-state index is -5.08. The molecule has 8 nitrogen and oxygen atoms in total. The normalized spacial score (nSPS) is 13.5. The molecule has 0 radical (unpaired) electrons. The number of carbonyl (C=O) groups excluding carboxylic acids is 1. The molecule has 3 N–H and O–H groups in total. The van der Waals surface area contributed by atoms with Gasteiger partial charge in [-0.15, -0.1) is 0 Å². The summed E-state index contributed by atoms with van der Waals surface area (Å²) >= 11 is 0. The average molecular weight is 587 g/mol. The maximum atomic E-state index is 12.5. The van der Waals surface area contributed by atoms with E-state index in [1.54, 1.807) is 19.2 Å². The highest BCUT2D eigenvalue weighted by Crippen LogP contribution is 2.29. The van der Waals surface area contributed by atoms with Crippen LogP contribution < -0.4 is 15.0 Å². The van der Waals surface area contributed by atoms with Crippen LogP contribution in [0.4, 0.5) is 24.5 Å². The number of aliphatic carboxylic acids is 1. The number of carboxylic acids is 2. The van der Waals surface area contributed by atoms with Crippen molar-refractivity contribution >= 4 is 29.2 Å². The maximum Gasteiger partial charge on any atom is 0.490 e. The molecule has 0 spiro atoms. The van der Waals surface area contributed by atoms with Gasteiger partial charge in [0.1, 0.15) is 5.75 Å². The van der Waals surface area contributed by atoms with Crippen molar-refractivity contribution < 1.29 is 42.5 Å². The number of alkyl halides is 3. The van der Waals surface area contributed by atoms with Crippen molar-refractivity contribution in [1.29, 1.82) is 0 Å². The Morgan fingerprint density at radius 2 is 1.55 bits per heavy atom. The lowest BCUT2D eigenvalue weighted by molar-refractivity contribution is -0.192. The lowest BCUT2D eigenvalue weighted by Crippen LogP contribution is -2.34. The Kier molecular flexibility index (Phi) is 11.3. The molecule has 1 aliphatic heterocycles. The molecule has 1 heterocycles. The number of rotatable bonds is 9. The molecule has 3 aromatic carbocycles.